The summed E-state index contributed by atoms with van der Waals surface area (Å²) in [6, 6.07) is 3.78. The van der Waals surface area contributed by atoms with E-state index >= 15 is 0 Å². The second-order valence-corrected chi connectivity index (χ2v) is 4.06. The fourth-order valence-electron chi connectivity index (χ4n) is 2.00. The number of aryl methyl sites for hydroxylation is 2. The van der Waals surface area contributed by atoms with Crippen LogP contribution < -0.4 is 5.32 Å². The van der Waals surface area contributed by atoms with Gasteiger partial charge in [0.05, 0.1) is 23.9 Å². The minimum atomic E-state index is 0.591. The number of furan rings is 1. The monoisotopic (exact) mass is 243 g/mol. The summed E-state index contributed by atoms with van der Waals surface area (Å²) in [5.74, 6) is 1.64. The van der Waals surface area contributed by atoms with Gasteiger partial charge in [-0.2, -0.15) is 5.10 Å². The summed E-state index contributed by atoms with van der Waals surface area (Å²) in [5, 5.41) is 8.54. The molecule has 0 aromatic carbocycles. The van der Waals surface area contributed by atoms with Gasteiger partial charge in [0.25, 0.3) is 0 Å². The topological polar surface area (TPSA) is 68.8 Å². The van der Waals surface area contributed by atoms with Crippen molar-refractivity contribution in [3.63, 3.8) is 0 Å². The molecule has 0 fully saturated rings. The summed E-state index contributed by atoms with van der Waals surface area (Å²) in [5.41, 5.74) is 1.74. The Kier molecular flexibility index (Phi) is 2.47. The molecule has 0 radical (unpaired) electrons. The Morgan fingerprint density at radius 2 is 2.28 bits per heavy atom. The number of hydrogen-bond acceptors (Lipinski definition) is 5. The highest BCUT2D eigenvalue weighted by atomic mass is 16.3. The van der Waals surface area contributed by atoms with Crippen LogP contribution in [-0.4, -0.2) is 19.7 Å². The van der Waals surface area contributed by atoms with Crippen LogP contribution in [-0.2, 0) is 13.6 Å². The molecule has 0 aliphatic rings. The quantitative estimate of drug-likeness (QED) is 0.760. The minimum absolute atomic E-state index is 0.591. The highest BCUT2D eigenvalue weighted by Crippen LogP contribution is 2.22. The number of rotatable bonds is 3. The smallest absolute Gasteiger partial charge is 0.163 e. The first-order chi connectivity index (χ1) is 8.75. The van der Waals surface area contributed by atoms with Gasteiger partial charge in [-0.15, -0.1) is 0 Å². The molecular weight excluding hydrogens is 230 g/mol. The van der Waals surface area contributed by atoms with E-state index in [1.54, 1.807) is 10.9 Å². The lowest BCUT2D eigenvalue weighted by atomic mass is 10.3. The first kappa shape index (κ1) is 10.8. The molecule has 0 saturated heterocycles. The lowest BCUT2D eigenvalue weighted by Crippen LogP contribution is -2.02. The zero-order valence-corrected chi connectivity index (χ0v) is 10.2. The second kappa shape index (κ2) is 4.14. The SMILES string of the molecule is Cc1nn(C)c2ncnc(NCc3ccco3)c12. The molecule has 0 saturated carbocycles. The Balaban J connectivity index is 1.96. The molecule has 0 aliphatic heterocycles. The van der Waals surface area contributed by atoms with Crippen LogP contribution >= 0.6 is 0 Å². The molecule has 3 heterocycles. The van der Waals surface area contributed by atoms with Crippen LogP contribution in [0.4, 0.5) is 5.82 Å². The fraction of sp³-hybridized carbons (Fsp3) is 0.250. The molecule has 18 heavy (non-hydrogen) atoms. The Labute approximate surface area is 104 Å². The molecule has 1 N–H and O–H groups in total. The maximum absolute atomic E-state index is 5.28. The first-order valence-electron chi connectivity index (χ1n) is 5.66. The van der Waals surface area contributed by atoms with Crippen molar-refractivity contribution in [3.05, 3.63) is 36.2 Å². The maximum atomic E-state index is 5.28. The number of aromatic nitrogens is 4. The van der Waals surface area contributed by atoms with Gasteiger partial charge in [0.15, 0.2) is 5.65 Å². The summed E-state index contributed by atoms with van der Waals surface area (Å²) in [7, 11) is 1.87. The zero-order valence-electron chi connectivity index (χ0n) is 10.2. The fourth-order valence-corrected chi connectivity index (χ4v) is 2.00. The van der Waals surface area contributed by atoms with E-state index in [2.05, 4.69) is 20.4 Å². The first-order valence-corrected chi connectivity index (χ1v) is 5.66. The Bertz CT molecular complexity index is 671. The van der Waals surface area contributed by atoms with Gasteiger partial charge in [0.1, 0.15) is 17.9 Å². The minimum Gasteiger partial charge on any atom is -0.467 e. The van der Waals surface area contributed by atoms with E-state index in [0.29, 0.717) is 6.54 Å². The van der Waals surface area contributed by atoms with E-state index in [4.69, 9.17) is 4.42 Å². The molecule has 0 bridgehead atoms. The van der Waals surface area contributed by atoms with Crippen LogP contribution in [0.5, 0.6) is 0 Å². The van der Waals surface area contributed by atoms with Crippen LogP contribution in [0.3, 0.4) is 0 Å². The number of nitrogens with one attached hydrogen (secondary N) is 1. The maximum Gasteiger partial charge on any atom is 0.163 e. The van der Waals surface area contributed by atoms with E-state index in [1.165, 1.54) is 6.33 Å². The lowest BCUT2D eigenvalue weighted by molar-refractivity contribution is 0.518. The van der Waals surface area contributed by atoms with Crippen molar-refractivity contribution < 1.29 is 4.42 Å². The van der Waals surface area contributed by atoms with Crippen LogP contribution in [0, 0.1) is 6.92 Å². The van der Waals surface area contributed by atoms with E-state index < -0.39 is 0 Å². The largest absolute Gasteiger partial charge is 0.467 e. The molecule has 0 unspecified atom stereocenters. The number of nitrogens with zero attached hydrogens (tertiary/aromatic N) is 4. The number of fused-ring (bicyclic) bond motifs is 1. The van der Waals surface area contributed by atoms with Crippen LogP contribution in [0.15, 0.2) is 29.1 Å². The van der Waals surface area contributed by atoms with Gasteiger partial charge in [0.2, 0.25) is 0 Å². The van der Waals surface area contributed by atoms with Gasteiger partial charge in [-0.25, -0.2) is 9.97 Å². The molecule has 0 spiro atoms. The Morgan fingerprint density at radius 3 is 3.06 bits per heavy atom. The molecule has 6 heteroatoms. The van der Waals surface area contributed by atoms with E-state index in [9.17, 15) is 0 Å². The molecule has 0 atom stereocenters. The Morgan fingerprint density at radius 1 is 1.39 bits per heavy atom. The van der Waals surface area contributed by atoms with Gasteiger partial charge in [-0.3, -0.25) is 4.68 Å². The van der Waals surface area contributed by atoms with Crippen molar-refractivity contribution in [3.8, 4) is 0 Å². The average Bonchev–Trinajstić information content (AvgIpc) is 2.97. The third-order valence-corrected chi connectivity index (χ3v) is 2.81. The van der Waals surface area contributed by atoms with Gasteiger partial charge in [0, 0.05) is 7.05 Å². The van der Waals surface area contributed by atoms with E-state index in [0.717, 1.165) is 28.3 Å². The van der Waals surface area contributed by atoms with Gasteiger partial charge < -0.3 is 9.73 Å². The van der Waals surface area contributed by atoms with Gasteiger partial charge in [-0.05, 0) is 19.1 Å². The van der Waals surface area contributed by atoms with Crippen molar-refractivity contribution in [2.45, 2.75) is 13.5 Å². The molecule has 3 aromatic heterocycles. The average molecular weight is 243 g/mol. The number of hydrogen-bond donors (Lipinski definition) is 1. The summed E-state index contributed by atoms with van der Waals surface area (Å²) in [6.07, 6.45) is 3.19. The highest BCUT2D eigenvalue weighted by Gasteiger charge is 2.11. The van der Waals surface area contributed by atoms with Crippen molar-refractivity contribution >= 4 is 16.9 Å². The summed E-state index contributed by atoms with van der Waals surface area (Å²) in [6.45, 7) is 2.54. The van der Waals surface area contributed by atoms with Gasteiger partial charge >= 0.3 is 0 Å². The van der Waals surface area contributed by atoms with E-state index in [-0.39, 0.29) is 0 Å². The summed E-state index contributed by atoms with van der Waals surface area (Å²) >= 11 is 0. The molecule has 6 nitrogen and oxygen atoms in total. The summed E-state index contributed by atoms with van der Waals surface area (Å²) < 4.78 is 7.03. The number of anilines is 1. The third kappa shape index (κ3) is 1.71. The van der Waals surface area contributed by atoms with E-state index in [1.807, 2.05) is 26.1 Å². The predicted octanol–water partition coefficient (Wildman–Crippen LogP) is 1.88. The van der Waals surface area contributed by atoms with Crippen LogP contribution in [0.2, 0.25) is 0 Å². The third-order valence-electron chi connectivity index (χ3n) is 2.81. The standard InChI is InChI=1S/C12H13N5O/c1-8-10-11(13-6-9-4-3-5-18-9)14-7-15-12(10)17(2)16-8/h3-5,7H,6H2,1-2H3,(H,13,14,15). The Hall–Kier alpha value is -2.37. The van der Waals surface area contributed by atoms with Crippen molar-refractivity contribution in [1.82, 2.24) is 19.7 Å². The molecule has 3 aromatic rings. The molecule has 0 aliphatic carbocycles. The zero-order chi connectivity index (χ0) is 12.5. The summed E-state index contributed by atoms with van der Waals surface area (Å²) in [4.78, 5) is 8.50. The lowest BCUT2D eigenvalue weighted by Gasteiger charge is -2.04. The molecule has 0 amide bonds. The molecular formula is C12H13N5O. The molecule has 92 valence electrons. The van der Waals surface area contributed by atoms with Crippen molar-refractivity contribution in [2.24, 2.45) is 7.05 Å². The van der Waals surface area contributed by atoms with Crippen molar-refractivity contribution in [1.29, 1.82) is 0 Å². The predicted molar refractivity (Wildman–Crippen MR) is 67.1 cm³/mol. The molecule has 3 rings (SSSR count). The normalized spacial score (nSPS) is 11.0. The van der Waals surface area contributed by atoms with Crippen LogP contribution in [0.1, 0.15) is 11.5 Å². The van der Waals surface area contributed by atoms with Gasteiger partial charge in [-0.1, -0.05) is 0 Å². The van der Waals surface area contributed by atoms with Crippen molar-refractivity contribution in [2.75, 3.05) is 5.32 Å². The van der Waals surface area contributed by atoms with Crippen LogP contribution in [0.25, 0.3) is 11.0 Å². The second-order valence-electron chi connectivity index (χ2n) is 4.06. The highest BCUT2D eigenvalue weighted by molar-refractivity contribution is 5.88.